The lowest BCUT2D eigenvalue weighted by molar-refractivity contribution is 0.298. The molecular formula is C16H24FO2P. The summed E-state index contributed by atoms with van der Waals surface area (Å²) in [5.74, 6) is -0.391. The van der Waals surface area contributed by atoms with Gasteiger partial charge in [-0.25, -0.2) is 4.39 Å². The van der Waals surface area contributed by atoms with Gasteiger partial charge in [-0.05, 0) is 31.4 Å². The Hall–Kier alpha value is -0.660. The summed E-state index contributed by atoms with van der Waals surface area (Å²) < 4.78 is 33.3. The fourth-order valence-electron chi connectivity index (χ4n) is 2.84. The first-order chi connectivity index (χ1) is 9.68. The minimum Gasteiger partial charge on any atom is -0.325 e. The summed E-state index contributed by atoms with van der Waals surface area (Å²) in [5.41, 5.74) is -0.00925. The van der Waals surface area contributed by atoms with Crippen molar-refractivity contribution < 1.29 is 13.5 Å². The third kappa shape index (κ3) is 3.51. The Bertz CT molecular complexity index is 469. The first-order valence-electron chi connectivity index (χ1n) is 7.68. The van der Waals surface area contributed by atoms with Gasteiger partial charge in [-0.1, -0.05) is 44.7 Å². The van der Waals surface area contributed by atoms with Crippen LogP contribution in [-0.4, -0.2) is 12.3 Å². The van der Waals surface area contributed by atoms with Crippen molar-refractivity contribution in [2.75, 3.05) is 6.61 Å². The number of unbranched alkanes of at least 4 members (excludes halogenated alkanes) is 1. The van der Waals surface area contributed by atoms with Crippen LogP contribution in [0.4, 0.5) is 4.39 Å². The van der Waals surface area contributed by atoms with Crippen LogP contribution in [0.5, 0.6) is 0 Å². The third-order valence-corrected chi connectivity index (χ3v) is 7.10. The molecule has 1 fully saturated rings. The van der Waals surface area contributed by atoms with Crippen LogP contribution < -0.4 is 5.30 Å². The maximum absolute atomic E-state index is 14.1. The van der Waals surface area contributed by atoms with Gasteiger partial charge in [0.15, 0.2) is 0 Å². The first kappa shape index (κ1) is 15.7. The van der Waals surface area contributed by atoms with E-state index in [1.165, 1.54) is 12.5 Å². The van der Waals surface area contributed by atoms with Crippen molar-refractivity contribution in [1.29, 1.82) is 0 Å². The summed E-state index contributed by atoms with van der Waals surface area (Å²) in [4.78, 5) is 0. The molecule has 0 N–H and O–H groups in total. The molecule has 0 amide bonds. The van der Waals surface area contributed by atoms with Gasteiger partial charge in [0.25, 0.3) is 0 Å². The highest BCUT2D eigenvalue weighted by atomic mass is 31.2. The molecule has 0 radical (unpaired) electrons. The van der Waals surface area contributed by atoms with Crippen molar-refractivity contribution in [3.05, 3.63) is 30.1 Å². The number of hydrogen-bond donors (Lipinski definition) is 0. The van der Waals surface area contributed by atoms with E-state index in [4.69, 9.17) is 4.52 Å². The van der Waals surface area contributed by atoms with E-state index < -0.39 is 13.2 Å². The summed E-state index contributed by atoms with van der Waals surface area (Å²) in [6.07, 6.45) is 6.95. The lowest BCUT2D eigenvalue weighted by atomic mass is 10.0. The van der Waals surface area contributed by atoms with Gasteiger partial charge in [0, 0.05) is 5.66 Å². The van der Waals surface area contributed by atoms with E-state index in [0.29, 0.717) is 11.9 Å². The fourth-order valence-corrected chi connectivity index (χ4v) is 5.70. The Balaban J connectivity index is 2.27. The third-order valence-electron chi connectivity index (χ3n) is 4.02. The molecule has 1 unspecified atom stereocenters. The normalized spacial score (nSPS) is 19.7. The Morgan fingerprint density at radius 3 is 2.60 bits per heavy atom. The molecule has 1 aromatic carbocycles. The minimum absolute atomic E-state index is 0.00925. The Labute approximate surface area is 121 Å². The average molecular weight is 298 g/mol. The van der Waals surface area contributed by atoms with Crippen LogP contribution >= 0.6 is 7.37 Å². The lowest BCUT2D eigenvalue weighted by Crippen LogP contribution is -2.24. The Morgan fingerprint density at radius 2 is 1.95 bits per heavy atom. The average Bonchev–Trinajstić information content (AvgIpc) is 2.49. The fraction of sp³-hybridized carbons (Fsp3) is 0.625. The smallest absolute Gasteiger partial charge is 0.238 e. The number of benzene rings is 1. The quantitative estimate of drug-likeness (QED) is 0.553. The molecule has 4 heteroatoms. The zero-order chi connectivity index (χ0) is 14.4. The van der Waals surface area contributed by atoms with E-state index in [1.807, 2.05) is 0 Å². The van der Waals surface area contributed by atoms with Crippen LogP contribution in [-0.2, 0) is 9.09 Å². The maximum atomic E-state index is 14.1. The predicted molar refractivity (Wildman–Crippen MR) is 81.4 cm³/mol. The van der Waals surface area contributed by atoms with Gasteiger partial charge in [0.2, 0.25) is 7.37 Å². The second kappa shape index (κ2) is 7.38. The molecular weight excluding hydrogens is 274 g/mol. The molecule has 0 heterocycles. The summed E-state index contributed by atoms with van der Waals surface area (Å²) in [7, 11) is -3.09. The zero-order valence-corrected chi connectivity index (χ0v) is 13.1. The van der Waals surface area contributed by atoms with E-state index >= 15 is 0 Å². The standard InChI is InChI=1S/C16H24FO2P/c1-2-3-13-19-20(18,14-9-5-4-6-10-14)16-12-8-7-11-15(16)17/h7-8,11-12,14H,2-6,9-10,13H2,1H3. The van der Waals surface area contributed by atoms with Gasteiger partial charge in [-0.15, -0.1) is 0 Å². The molecule has 2 rings (SSSR count). The summed E-state index contributed by atoms with van der Waals surface area (Å²) in [5, 5.41) is 0.294. The van der Waals surface area contributed by atoms with E-state index in [9.17, 15) is 8.96 Å². The molecule has 0 bridgehead atoms. The maximum Gasteiger partial charge on any atom is 0.238 e. The number of halogens is 1. The molecule has 1 aliphatic carbocycles. The van der Waals surface area contributed by atoms with E-state index in [-0.39, 0.29) is 5.66 Å². The molecule has 0 saturated heterocycles. The zero-order valence-electron chi connectivity index (χ0n) is 12.2. The number of hydrogen-bond acceptors (Lipinski definition) is 2. The van der Waals surface area contributed by atoms with Gasteiger partial charge in [0.05, 0.1) is 11.9 Å². The Kier molecular flexibility index (Phi) is 5.80. The molecule has 1 aliphatic rings. The van der Waals surface area contributed by atoms with E-state index in [2.05, 4.69) is 6.92 Å². The van der Waals surface area contributed by atoms with Crippen LogP contribution in [0.2, 0.25) is 0 Å². The summed E-state index contributed by atoms with van der Waals surface area (Å²) >= 11 is 0. The lowest BCUT2D eigenvalue weighted by Gasteiger charge is -2.30. The van der Waals surface area contributed by atoms with Gasteiger partial charge in [-0.2, -0.15) is 0 Å². The van der Waals surface area contributed by atoms with Crippen LogP contribution in [0.3, 0.4) is 0 Å². The van der Waals surface area contributed by atoms with Crippen LogP contribution in [0.25, 0.3) is 0 Å². The van der Waals surface area contributed by atoms with Crippen LogP contribution in [0.15, 0.2) is 24.3 Å². The van der Waals surface area contributed by atoms with E-state index in [1.54, 1.807) is 18.2 Å². The SMILES string of the molecule is CCCCOP(=O)(c1ccccc1F)C1CCCCC1. The van der Waals surface area contributed by atoms with Crippen LogP contribution in [0, 0.1) is 5.82 Å². The largest absolute Gasteiger partial charge is 0.325 e. The van der Waals surface area contributed by atoms with Crippen molar-refractivity contribution in [3.8, 4) is 0 Å². The van der Waals surface area contributed by atoms with Gasteiger partial charge in [0.1, 0.15) is 5.82 Å². The topological polar surface area (TPSA) is 26.3 Å². The number of rotatable bonds is 6. The van der Waals surface area contributed by atoms with Crippen molar-refractivity contribution in [2.24, 2.45) is 0 Å². The van der Waals surface area contributed by atoms with E-state index in [0.717, 1.165) is 38.5 Å². The van der Waals surface area contributed by atoms with Crippen molar-refractivity contribution in [3.63, 3.8) is 0 Å². The van der Waals surface area contributed by atoms with Crippen LogP contribution in [0.1, 0.15) is 51.9 Å². The molecule has 20 heavy (non-hydrogen) atoms. The van der Waals surface area contributed by atoms with Gasteiger partial charge in [-0.3, -0.25) is 4.57 Å². The minimum atomic E-state index is -3.09. The predicted octanol–water partition coefficient (Wildman–Crippen LogP) is 4.88. The van der Waals surface area contributed by atoms with Crippen molar-refractivity contribution in [1.82, 2.24) is 0 Å². The monoisotopic (exact) mass is 298 g/mol. The molecule has 0 spiro atoms. The molecule has 2 nitrogen and oxygen atoms in total. The highest BCUT2D eigenvalue weighted by molar-refractivity contribution is 7.67. The molecule has 1 saturated carbocycles. The van der Waals surface area contributed by atoms with Crippen molar-refractivity contribution >= 4 is 12.7 Å². The molecule has 112 valence electrons. The second-order valence-corrected chi connectivity index (χ2v) is 8.19. The first-order valence-corrected chi connectivity index (χ1v) is 9.37. The Morgan fingerprint density at radius 1 is 1.25 bits per heavy atom. The molecule has 1 aromatic rings. The summed E-state index contributed by atoms with van der Waals surface area (Å²) in [6.45, 7) is 2.52. The molecule has 1 atom stereocenters. The highest BCUT2D eigenvalue weighted by Gasteiger charge is 2.38. The van der Waals surface area contributed by atoms with Gasteiger partial charge < -0.3 is 4.52 Å². The molecule has 0 aliphatic heterocycles. The highest BCUT2D eigenvalue weighted by Crippen LogP contribution is 2.56. The molecule has 0 aromatic heterocycles. The summed E-state index contributed by atoms with van der Waals surface area (Å²) in [6, 6.07) is 6.40. The van der Waals surface area contributed by atoms with Gasteiger partial charge >= 0.3 is 0 Å². The van der Waals surface area contributed by atoms with Crippen molar-refractivity contribution in [2.45, 2.75) is 57.5 Å². The second-order valence-electron chi connectivity index (χ2n) is 5.53.